The summed E-state index contributed by atoms with van der Waals surface area (Å²) in [5, 5.41) is 20.5. The van der Waals surface area contributed by atoms with E-state index in [2.05, 4.69) is 20.9 Å². The molecule has 0 saturated carbocycles. The molecule has 5 N–H and O–H groups in total. The van der Waals surface area contributed by atoms with Crippen LogP contribution in [0.25, 0.3) is 22.0 Å². The van der Waals surface area contributed by atoms with E-state index in [1.807, 2.05) is 13.0 Å². The first kappa shape index (κ1) is 24.1. The topological polar surface area (TPSA) is 108 Å². The molecule has 6 rings (SSSR count). The molecule has 1 aromatic heterocycles. The summed E-state index contributed by atoms with van der Waals surface area (Å²) in [5.74, 6) is -0.583. The van der Waals surface area contributed by atoms with Gasteiger partial charge in [0.25, 0.3) is 0 Å². The molecule has 4 aromatic rings. The Labute approximate surface area is 217 Å². The molecule has 0 saturated heterocycles. The maximum atomic E-state index is 16.3. The van der Waals surface area contributed by atoms with E-state index in [1.165, 1.54) is 6.07 Å². The van der Waals surface area contributed by atoms with Crippen LogP contribution < -0.4 is 25.4 Å². The highest BCUT2D eigenvalue weighted by molar-refractivity contribution is 5.97. The van der Waals surface area contributed by atoms with E-state index in [-0.39, 0.29) is 23.6 Å². The molecule has 0 spiro atoms. The number of carbonyl (C=O) groups excluding carboxylic acids is 1. The molecule has 0 aliphatic carbocycles. The second-order valence-corrected chi connectivity index (χ2v) is 10.1. The van der Waals surface area contributed by atoms with E-state index < -0.39 is 35.4 Å². The van der Waals surface area contributed by atoms with Crippen molar-refractivity contribution in [1.82, 2.24) is 10.3 Å². The Bertz CT molecular complexity index is 1600. The highest BCUT2D eigenvalue weighted by Gasteiger charge is 2.44. The lowest BCUT2D eigenvalue weighted by Crippen LogP contribution is -2.55. The van der Waals surface area contributed by atoms with Crippen molar-refractivity contribution in [1.29, 1.82) is 0 Å². The van der Waals surface area contributed by atoms with Crippen molar-refractivity contribution in [2.75, 3.05) is 17.4 Å². The van der Waals surface area contributed by atoms with Crippen molar-refractivity contribution < 1.29 is 28.2 Å². The summed E-state index contributed by atoms with van der Waals surface area (Å²) in [6, 6.07) is 9.50. The molecule has 3 aromatic carbocycles. The van der Waals surface area contributed by atoms with Crippen LogP contribution in [-0.2, 0) is 0 Å². The van der Waals surface area contributed by atoms with Crippen LogP contribution in [0.5, 0.6) is 11.5 Å². The monoisotopic (exact) mass is 520 g/mol. The van der Waals surface area contributed by atoms with Gasteiger partial charge in [0.1, 0.15) is 17.7 Å². The number of hydrogen-bond acceptors (Lipinski definition) is 5. The normalized spacial score (nSPS) is 19.1. The van der Waals surface area contributed by atoms with Crippen molar-refractivity contribution in [3.63, 3.8) is 0 Å². The van der Waals surface area contributed by atoms with E-state index in [4.69, 9.17) is 9.47 Å². The summed E-state index contributed by atoms with van der Waals surface area (Å²) in [6.45, 7) is 5.38. The lowest BCUT2D eigenvalue weighted by Gasteiger charge is -2.43. The van der Waals surface area contributed by atoms with Gasteiger partial charge >= 0.3 is 6.03 Å². The zero-order valence-electron chi connectivity index (χ0n) is 20.9. The van der Waals surface area contributed by atoms with Crippen molar-refractivity contribution in [2.45, 2.75) is 38.5 Å². The number of aliphatic hydroxyl groups excluding tert-OH is 1. The Kier molecular flexibility index (Phi) is 5.46. The molecule has 196 valence electrons. The summed E-state index contributed by atoms with van der Waals surface area (Å²) >= 11 is 0. The number of aromatic amines is 1. The minimum absolute atomic E-state index is 0.0330. The van der Waals surface area contributed by atoms with Crippen LogP contribution in [0.2, 0.25) is 0 Å². The zero-order valence-corrected chi connectivity index (χ0v) is 20.9. The van der Waals surface area contributed by atoms with Gasteiger partial charge in [0.2, 0.25) is 6.79 Å². The van der Waals surface area contributed by atoms with Gasteiger partial charge in [-0.3, -0.25) is 0 Å². The van der Waals surface area contributed by atoms with Crippen molar-refractivity contribution in [3.05, 3.63) is 71.4 Å². The van der Waals surface area contributed by atoms with Gasteiger partial charge in [-0.1, -0.05) is 18.2 Å². The second-order valence-electron chi connectivity index (χ2n) is 10.1. The lowest BCUT2D eigenvalue weighted by atomic mass is 9.81. The van der Waals surface area contributed by atoms with Crippen LogP contribution in [0.1, 0.15) is 31.0 Å². The number of para-hydroxylation sites is 1. The molecule has 0 fully saturated rings. The second kappa shape index (κ2) is 8.63. The molecular weight excluding hydrogens is 494 g/mol. The third-order valence-corrected chi connectivity index (χ3v) is 7.19. The number of benzene rings is 3. The number of H-pyrrole nitrogens is 1. The molecule has 38 heavy (non-hydrogen) atoms. The van der Waals surface area contributed by atoms with Gasteiger partial charge in [-0.15, -0.1) is 0 Å². The van der Waals surface area contributed by atoms with Crippen LogP contribution >= 0.6 is 0 Å². The Morgan fingerprint density at radius 2 is 1.92 bits per heavy atom. The summed E-state index contributed by atoms with van der Waals surface area (Å²) in [7, 11) is 0. The predicted molar refractivity (Wildman–Crippen MR) is 140 cm³/mol. The van der Waals surface area contributed by atoms with Gasteiger partial charge < -0.3 is 35.5 Å². The number of anilines is 2. The fourth-order valence-electron chi connectivity index (χ4n) is 5.22. The standard InChI is InChI=1S/C28H26F2N4O4/c1-13-11-31-24-15(13)5-4-6-16(24)21-17(29)10-18-22(23(21)30)25(26(35)28(2,3)34-18)33-27(36)32-14-7-8-19-20(9-14)38-12-37-19/h4-11,25-26,31,34-35H,12H2,1-3H3,(H2,32,33,36)/t25-,26?/m0/s1. The maximum Gasteiger partial charge on any atom is 0.319 e. The van der Waals surface area contributed by atoms with Gasteiger partial charge in [-0.2, -0.15) is 0 Å². The van der Waals surface area contributed by atoms with Gasteiger partial charge in [0.15, 0.2) is 11.5 Å². The molecule has 2 atom stereocenters. The number of nitrogens with one attached hydrogen (secondary N) is 4. The first-order chi connectivity index (χ1) is 18.1. The van der Waals surface area contributed by atoms with Crippen LogP contribution in [0.15, 0.2) is 48.7 Å². The molecule has 3 heterocycles. The third-order valence-electron chi connectivity index (χ3n) is 7.19. The number of ether oxygens (including phenoxy) is 2. The smallest absolute Gasteiger partial charge is 0.319 e. The summed E-state index contributed by atoms with van der Waals surface area (Å²) in [5.41, 5.74) is 1.18. The number of urea groups is 1. The molecule has 8 nitrogen and oxygen atoms in total. The molecule has 2 amide bonds. The van der Waals surface area contributed by atoms with E-state index >= 15 is 8.78 Å². The van der Waals surface area contributed by atoms with Crippen molar-refractivity contribution in [3.8, 4) is 22.6 Å². The quantitative estimate of drug-likeness (QED) is 0.243. The van der Waals surface area contributed by atoms with Crippen LogP contribution in [0.4, 0.5) is 25.0 Å². The predicted octanol–water partition coefficient (Wildman–Crippen LogP) is 5.58. The van der Waals surface area contributed by atoms with Crippen LogP contribution in [0.3, 0.4) is 0 Å². The largest absolute Gasteiger partial charge is 0.454 e. The molecule has 1 unspecified atom stereocenters. The highest BCUT2D eigenvalue weighted by Crippen LogP contribution is 2.44. The van der Waals surface area contributed by atoms with Gasteiger partial charge in [-0.05, 0) is 44.5 Å². The third kappa shape index (κ3) is 3.79. The number of rotatable bonds is 3. The number of aliphatic hydroxyl groups is 1. The fourth-order valence-corrected chi connectivity index (χ4v) is 5.22. The first-order valence-corrected chi connectivity index (χ1v) is 12.2. The number of aryl methyl sites for hydroxylation is 1. The molecule has 2 aliphatic rings. The maximum absolute atomic E-state index is 16.3. The van der Waals surface area contributed by atoms with Crippen molar-refractivity contribution in [2.24, 2.45) is 0 Å². The van der Waals surface area contributed by atoms with E-state index in [1.54, 1.807) is 50.4 Å². The number of hydrogen-bond donors (Lipinski definition) is 5. The lowest BCUT2D eigenvalue weighted by molar-refractivity contribution is 0.0712. The van der Waals surface area contributed by atoms with Crippen molar-refractivity contribution >= 4 is 28.3 Å². The Morgan fingerprint density at radius 3 is 2.74 bits per heavy atom. The van der Waals surface area contributed by atoms with Crippen LogP contribution in [0, 0.1) is 18.6 Å². The van der Waals surface area contributed by atoms with E-state index in [9.17, 15) is 9.90 Å². The molecule has 0 radical (unpaired) electrons. The van der Waals surface area contributed by atoms with E-state index in [0.717, 1.165) is 10.9 Å². The van der Waals surface area contributed by atoms with Crippen LogP contribution in [-0.4, -0.2) is 34.6 Å². The number of fused-ring (bicyclic) bond motifs is 3. The van der Waals surface area contributed by atoms with E-state index in [0.29, 0.717) is 28.3 Å². The Balaban J connectivity index is 1.41. The van der Waals surface area contributed by atoms with Gasteiger partial charge in [0, 0.05) is 40.2 Å². The highest BCUT2D eigenvalue weighted by atomic mass is 19.1. The number of amides is 2. The average Bonchev–Trinajstić information content (AvgIpc) is 3.48. The Morgan fingerprint density at radius 1 is 1.13 bits per heavy atom. The summed E-state index contributed by atoms with van der Waals surface area (Å²) in [4.78, 5) is 16.1. The SMILES string of the molecule is Cc1c[nH]c2c(-c3c(F)cc4c(c3F)[C@H](NC(=O)Nc3ccc5c(c3)OCO5)C(O)C(C)(C)N4)cccc12. The number of halogens is 2. The summed E-state index contributed by atoms with van der Waals surface area (Å²) < 4.78 is 42.5. The molecule has 2 aliphatic heterocycles. The molecule has 0 bridgehead atoms. The average molecular weight is 521 g/mol. The van der Waals surface area contributed by atoms with Gasteiger partial charge in [0.05, 0.1) is 22.7 Å². The summed E-state index contributed by atoms with van der Waals surface area (Å²) in [6.07, 6.45) is 0.537. The molecular formula is C28H26F2N4O4. The minimum atomic E-state index is -1.24. The minimum Gasteiger partial charge on any atom is -0.454 e. The fraction of sp³-hybridized carbons (Fsp3) is 0.250. The first-order valence-electron chi connectivity index (χ1n) is 12.2. The molecule has 10 heteroatoms. The zero-order chi connectivity index (χ0) is 26.8. The Hall–Kier alpha value is -4.31. The number of carbonyl (C=O) groups is 1. The van der Waals surface area contributed by atoms with Gasteiger partial charge in [-0.25, -0.2) is 13.6 Å². The number of aromatic nitrogens is 1.